The average molecular weight is 303 g/mol. The number of hydrogen-bond donors (Lipinski definition) is 1. The van der Waals surface area contributed by atoms with Gasteiger partial charge in [0.05, 0.1) is 12.3 Å². The van der Waals surface area contributed by atoms with E-state index in [0.717, 1.165) is 12.8 Å². The fourth-order valence-electron chi connectivity index (χ4n) is 3.92. The predicted octanol–water partition coefficient (Wildman–Crippen LogP) is 3.07. The number of carboxylic acids is 1. The summed E-state index contributed by atoms with van der Waals surface area (Å²) in [6.07, 6.45) is 2.93. The minimum atomic E-state index is -1.04. The summed E-state index contributed by atoms with van der Waals surface area (Å²) in [6, 6.07) is 0. The Morgan fingerprint density at radius 1 is 1.40 bits per heavy atom. The van der Waals surface area contributed by atoms with Crippen molar-refractivity contribution >= 4 is 23.5 Å². The van der Waals surface area contributed by atoms with Gasteiger partial charge >= 0.3 is 11.9 Å². The number of carbonyl (C=O) groups is 2. The Morgan fingerprint density at radius 2 is 2.05 bits per heavy atom. The van der Waals surface area contributed by atoms with E-state index in [0.29, 0.717) is 5.92 Å². The molecule has 0 radical (unpaired) electrons. The first-order chi connectivity index (χ1) is 9.22. The summed E-state index contributed by atoms with van der Waals surface area (Å²) >= 11 is 5.57. The molecule has 4 atom stereocenters. The highest BCUT2D eigenvalue weighted by Gasteiger charge is 2.62. The number of aliphatic carboxylic acids is 1. The fourth-order valence-corrected chi connectivity index (χ4v) is 4.17. The van der Waals surface area contributed by atoms with Crippen LogP contribution in [0.1, 0.15) is 46.5 Å². The maximum atomic E-state index is 12.0. The van der Waals surface area contributed by atoms with Crippen LogP contribution in [0.2, 0.25) is 0 Å². The van der Waals surface area contributed by atoms with Crippen molar-refractivity contribution in [3.63, 3.8) is 0 Å². The van der Waals surface area contributed by atoms with Crippen molar-refractivity contribution in [2.75, 3.05) is 5.88 Å². The molecule has 4 nitrogen and oxygen atoms in total. The van der Waals surface area contributed by atoms with E-state index in [1.807, 2.05) is 0 Å². The van der Waals surface area contributed by atoms with Crippen LogP contribution in [0, 0.1) is 22.7 Å². The second-order valence-corrected chi connectivity index (χ2v) is 7.29. The van der Waals surface area contributed by atoms with Crippen molar-refractivity contribution in [2.45, 2.75) is 52.6 Å². The third-order valence-corrected chi connectivity index (χ3v) is 6.31. The van der Waals surface area contributed by atoms with Crippen LogP contribution in [-0.2, 0) is 14.3 Å². The minimum absolute atomic E-state index is 0.00696. The van der Waals surface area contributed by atoms with E-state index in [9.17, 15) is 9.59 Å². The highest BCUT2D eigenvalue weighted by atomic mass is 35.5. The topological polar surface area (TPSA) is 63.6 Å². The van der Waals surface area contributed by atoms with Gasteiger partial charge in [-0.05, 0) is 30.6 Å². The van der Waals surface area contributed by atoms with Gasteiger partial charge in [0, 0.05) is 11.3 Å². The Balaban J connectivity index is 1.98. The van der Waals surface area contributed by atoms with E-state index in [-0.39, 0.29) is 29.2 Å². The standard InChI is InChI=1S/C15H23ClO4/c1-14(2)10-4-5-15(14,3)11(7-10)20-12(17)6-9(8-16)13(18)19/h9-11H,4-8H2,1-3H3,(H,18,19)/t9?,10-,11-,15+/m0/s1. The maximum Gasteiger partial charge on any atom is 0.308 e. The van der Waals surface area contributed by atoms with Crippen molar-refractivity contribution < 1.29 is 19.4 Å². The quantitative estimate of drug-likeness (QED) is 0.626. The van der Waals surface area contributed by atoms with Crippen molar-refractivity contribution in [1.29, 1.82) is 0 Å². The molecule has 2 bridgehead atoms. The number of halogens is 1. The number of esters is 1. The number of carboxylic acid groups (broad SMARTS) is 1. The van der Waals surface area contributed by atoms with Crippen LogP contribution < -0.4 is 0 Å². The average Bonchev–Trinajstić information content (AvgIpc) is 2.68. The zero-order valence-corrected chi connectivity index (χ0v) is 13.1. The summed E-state index contributed by atoms with van der Waals surface area (Å²) in [5, 5.41) is 8.93. The summed E-state index contributed by atoms with van der Waals surface area (Å²) in [4.78, 5) is 22.9. The maximum absolute atomic E-state index is 12.0. The van der Waals surface area contributed by atoms with Gasteiger partial charge in [-0.2, -0.15) is 0 Å². The molecule has 0 saturated heterocycles. The highest BCUT2D eigenvalue weighted by molar-refractivity contribution is 6.19. The lowest BCUT2D eigenvalue weighted by Gasteiger charge is -2.38. The van der Waals surface area contributed by atoms with Crippen LogP contribution in [0.25, 0.3) is 0 Å². The van der Waals surface area contributed by atoms with Gasteiger partial charge in [0.1, 0.15) is 6.10 Å². The van der Waals surface area contributed by atoms with Gasteiger partial charge in [-0.3, -0.25) is 9.59 Å². The summed E-state index contributed by atoms with van der Waals surface area (Å²) in [7, 11) is 0. The summed E-state index contributed by atoms with van der Waals surface area (Å²) in [5.74, 6) is -1.82. The van der Waals surface area contributed by atoms with E-state index >= 15 is 0 Å². The lowest BCUT2D eigenvalue weighted by atomic mass is 9.70. The molecule has 0 aliphatic heterocycles. The first kappa shape index (κ1) is 15.6. The van der Waals surface area contributed by atoms with E-state index in [1.54, 1.807) is 0 Å². The first-order valence-corrected chi connectivity index (χ1v) is 7.74. The van der Waals surface area contributed by atoms with Crippen LogP contribution in [0.4, 0.5) is 0 Å². The highest BCUT2D eigenvalue weighted by Crippen LogP contribution is 2.66. The van der Waals surface area contributed by atoms with Crippen molar-refractivity contribution in [2.24, 2.45) is 22.7 Å². The summed E-state index contributed by atoms with van der Waals surface area (Å²) in [5.41, 5.74) is 0.184. The lowest BCUT2D eigenvalue weighted by Crippen LogP contribution is -2.38. The van der Waals surface area contributed by atoms with Gasteiger partial charge in [0.15, 0.2) is 0 Å². The molecular weight excluding hydrogens is 280 g/mol. The third-order valence-electron chi connectivity index (χ3n) is 5.94. The van der Waals surface area contributed by atoms with Crippen LogP contribution >= 0.6 is 11.6 Å². The normalized spacial score (nSPS) is 35.8. The largest absolute Gasteiger partial charge is 0.481 e. The molecule has 114 valence electrons. The predicted molar refractivity (Wildman–Crippen MR) is 75.6 cm³/mol. The van der Waals surface area contributed by atoms with Crippen LogP contribution in [-0.4, -0.2) is 29.0 Å². The second kappa shape index (κ2) is 5.21. The molecule has 2 rings (SSSR count). The van der Waals surface area contributed by atoms with Gasteiger partial charge in [0.2, 0.25) is 0 Å². The molecule has 0 amide bonds. The van der Waals surface area contributed by atoms with Crippen LogP contribution in [0.5, 0.6) is 0 Å². The zero-order chi connectivity index (χ0) is 15.1. The van der Waals surface area contributed by atoms with Crippen molar-refractivity contribution in [3.05, 3.63) is 0 Å². The molecule has 5 heteroatoms. The first-order valence-electron chi connectivity index (χ1n) is 7.20. The van der Waals surface area contributed by atoms with Crippen molar-refractivity contribution in [3.8, 4) is 0 Å². The molecular formula is C15H23ClO4. The molecule has 0 spiro atoms. The fraction of sp³-hybridized carbons (Fsp3) is 0.867. The lowest BCUT2D eigenvalue weighted by molar-refractivity contribution is -0.160. The molecule has 0 aromatic rings. The molecule has 1 N–H and O–H groups in total. The Labute approximate surface area is 124 Å². The molecule has 0 aromatic heterocycles. The molecule has 2 fully saturated rings. The van der Waals surface area contributed by atoms with Crippen LogP contribution in [0.15, 0.2) is 0 Å². The van der Waals surface area contributed by atoms with Gasteiger partial charge in [-0.25, -0.2) is 0 Å². The number of hydrogen-bond acceptors (Lipinski definition) is 3. The number of ether oxygens (including phenoxy) is 1. The molecule has 20 heavy (non-hydrogen) atoms. The van der Waals surface area contributed by atoms with Gasteiger partial charge in [0.25, 0.3) is 0 Å². The van der Waals surface area contributed by atoms with E-state index in [1.165, 1.54) is 6.42 Å². The molecule has 0 aromatic carbocycles. The zero-order valence-electron chi connectivity index (χ0n) is 12.3. The van der Waals surface area contributed by atoms with Gasteiger partial charge in [-0.15, -0.1) is 11.6 Å². The van der Waals surface area contributed by atoms with E-state index in [2.05, 4.69) is 20.8 Å². The summed E-state index contributed by atoms with van der Waals surface area (Å²) in [6.45, 7) is 6.68. The Morgan fingerprint density at radius 3 is 2.45 bits per heavy atom. The Hall–Kier alpha value is -0.770. The minimum Gasteiger partial charge on any atom is -0.481 e. The molecule has 0 heterocycles. The van der Waals surface area contributed by atoms with E-state index < -0.39 is 17.9 Å². The molecule has 2 aliphatic carbocycles. The molecule has 2 saturated carbocycles. The van der Waals surface area contributed by atoms with Crippen LogP contribution in [0.3, 0.4) is 0 Å². The number of carbonyl (C=O) groups excluding carboxylic acids is 1. The number of rotatable bonds is 5. The number of fused-ring (bicyclic) bond motifs is 2. The van der Waals surface area contributed by atoms with E-state index in [4.69, 9.17) is 21.4 Å². The SMILES string of the molecule is CC1(C)[C@H]2CC[C@]1(C)[C@@H](OC(=O)CC(CCl)C(=O)O)C2. The second-order valence-electron chi connectivity index (χ2n) is 6.98. The Kier molecular flexibility index (Phi) is 4.07. The molecule has 1 unspecified atom stereocenters. The third kappa shape index (κ3) is 2.32. The number of alkyl halides is 1. The van der Waals surface area contributed by atoms with Gasteiger partial charge in [-0.1, -0.05) is 20.8 Å². The monoisotopic (exact) mass is 302 g/mol. The summed E-state index contributed by atoms with van der Waals surface area (Å²) < 4.78 is 5.61. The van der Waals surface area contributed by atoms with Crippen molar-refractivity contribution in [1.82, 2.24) is 0 Å². The smallest absolute Gasteiger partial charge is 0.308 e. The Bertz CT molecular complexity index is 420. The van der Waals surface area contributed by atoms with Gasteiger partial charge < -0.3 is 9.84 Å². The molecule has 2 aliphatic rings.